The molecule has 0 saturated carbocycles. The Morgan fingerprint density at radius 3 is 2.83 bits per heavy atom. The first-order valence-electron chi connectivity index (χ1n) is 8.03. The topological polar surface area (TPSA) is 54.5 Å². The van der Waals surface area contributed by atoms with E-state index in [1.165, 1.54) is 12.1 Å². The average molecular weight is 349 g/mol. The number of fused-ring (bicyclic) bond motifs is 2. The SMILES string of the molecule is Cc1nc2c(s1)N(N1CC[N+](C)([O-])CC1)c1ccc(F)cc1NC2. The van der Waals surface area contributed by atoms with E-state index in [2.05, 4.69) is 20.3 Å². The van der Waals surface area contributed by atoms with Crippen molar-refractivity contribution in [2.45, 2.75) is 13.5 Å². The van der Waals surface area contributed by atoms with Gasteiger partial charge in [-0.1, -0.05) is 11.3 Å². The number of piperazine rings is 1. The molecule has 1 fully saturated rings. The van der Waals surface area contributed by atoms with Crippen LogP contribution in [0.3, 0.4) is 0 Å². The summed E-state index contributed by atoms with van der Waals surface area (Å²) in [5.41, 5.74) is 2.61. The van der Waals surface area contributed by atoms with Crippen molar-refractivity contribution < 1.29 is 9.04 Å². The van der Waals surface area contributed by atoms with Crippen molar-refractivity contribution in [1.29, 1.82) is 0 Å². The Hall–Kier alpha value is -1.74. The van der Waals surface area contributed by atoms with E-state index in [9.17, 15) is 9.60 Å². The van der Waals surface area contributed by atoms with Crippen LogP contribution >= 0.6 is 11.3 Å². The summed E-state index contributed by atoms with van der Waals surface area (Å²) < 4.78 is 13.5. The molecule has 3 heterocycles. The number of aryl methyl sites for hydroxylation is 1. The number of benzene rings is 1. The molecule has 4 rings (SSSR count). The van der Waals surface area contributed by atoms with Gasteiger partial charge in [-0.05, 0) is 25.1 Å². The number of thiazole rings is 1. The van der Waals surface area contributed by atoms with E-state index in [4.69, 9.17) is 0 Å². The maximum Gasteiger partial charge on any atom is 0.136 e. The molecule has 0 atom stereocenters. The summed E-state index contributed by atoms with van der Waals surface area (Å²) in [5, 5.41) is 21.8. The summed E-state index contributed by atoms with van der Waals surface area (Å²) in [7, 11) is 1.72. The standard InChI is InChI=1S/C16H20FN5OS/c1-11-19-14-10-18-13-9-12(17)3-4-15(13)21(16(14)24-11)20-5-7-22(2,23)8-6-20/h3-4,9,18H,5-8,10H2,1-2H3. The molecule has 0 amide bonds. The van der Waals surface area contributed by atoms with Gasteiger partial charge in [0.25, 0.3) is 0 Å². The lowest BCUT2D eigenvalue weighted by molar-refractivity contribution is -0.865. The van der Waals surface area contributed by atoms with E-state index in [-0.39, 0.29) is 10.5 Å². The fourth-order valence-electron chi connectivity index (χ4n) is 3.22. The normalized spacial score (nSPS) is 20.1. The first kappa shape index (κ1) is 15.8. The predicted octanol–water partition coefficient (Wildman–Crippen LogP) is 2.83. The second-order valence-electron chi connectivity index (χ2n) is 6.51. The molecular weight excluding hydrogens is 329 g/mol. The highest BCUT2D eigenvalue weighted by Crippen LogP contribution is 2.42. The highest BCUT2D eigenvalue weighted by Gasteiger charge is 2.32. The summed E-state index contributed by atoms with van der Waals surface area (Å²) in [6, 6.07) is 4.79. The Balaban J connectivity index is 1.79. The van der Waals surface area contributed by atoms with Crippen LogP contribution in [0.5, 0.6) is 0 Å². The molecule has 24 heavy (non-hydrogen) atoms. The van der Waals surface area contributed by atoms with Gasteiger partial charge in [-0.15, -0.1) is 0 Å². The predicted molar refractivity (Wildman–Crippen MR) is 93.6 cm³/mol. The van der Waals surface area contributed by atoms with Crippen molar-refractivity contribution in [2.24, 2.45) is 0 Å². The molecule has 0 spiro atoms. The number of hydrazine groups is 1. The quantitative estimate of drug-likeness (QED) is 0.634. The van der Waals surface area contributed by atoms with Crippen LogP contribution in [-0.4, -0.2) is 47.9 Å². The Bertz CT molecular complexity index is 768. The van der Waals surface area contributed by atoms with Gasteiger partial charge in [-0.2, -0.15) is 0 Å². The van der Waals surface area contributed by atoms with Gasteiger partial charge in [-0.25, -0.2) is 14.4 Å². The zero-order valence-electron chi connectivity index (χ0n) is 13.8. The molecule has 2 aliphatic heterocycles. The van der Waals surface area contributed by atoms with Crippen LogP contribution < -0.4 is 10.3 Å². The molecule has 8 heteroatoms. The summed E-state index contributed by atoms with van der Waals surface area (Å²) in [4.78, 5) is 4.62. The number of likely N-dealkylation sites (N-methyl/N-ethyl adjacent to an activating group) is 1. The maximum atomic E-state index is 13.7. The molecule has 1 N–H and O–H groups in total. The molecule has 2 aliphatic rings. The monoisotopic (exact) mass is 349 g/mol. The number of nitrogens with one attached hydrogen (secondary N) is 1. The van der Waals surface area contributed by atoms with Crippen molar-refractivity contribution in [3.8, 4) is 0 Å². The Labute approximate surface area is 144 Å². The zero-order valence-corrected chi connectivity index (χ0v) is 14.6. The molecule has 128 valence electrons. The number of hydrogen-bond donors (Lipinski definition) is 1. The largest absolute Gasteiger partial charge is 0.633 e. The zero-order chi connectivity index (χ0) is 16.9. The Morgan fingerprint density at radius 1 is 1.33 bits per heavy atom. The average Bonchev–Trinajstić information content (AvgIpc) is 2.82. The van der Waals surface area contributed by atoms with Crippen LogP contribution in [-0.2, 0) is 6.54 Å². The third-order valence-corrected chi connectivity index (χ3v) is 5.54. The molecule has 1 aromatic heterocycles. The lowest BCUT2D eigenvalue weighted by Crippen LogP contribution is -2.57. The number of hydrogen-bond acceptors (Lipinski definition) is 6. The second-order valence-corrected chi connectivity index (χ2v) is 7.69. The Morgan fingerprint density at radius 2 is 2.08 bits per heavy atom. The van der Waals surface area contributed by atoms with E-state index in [0.717, 1.165) is 27.1 Å². The molecule has 0 radical (unpaired) electrons. The van der Waals surface area contributed by atoms with E-state index in [1.807, 2.05) is 6.92 Å². The number of quaternary nitrogens is 1. The van der Waals surface area contributed by atoms with E-state index in [1.54, 1.807) is 24.5 Å². The number of rotatable bonds is 1. The molecule has 0 unspecified atom stereocenters. The van der Waals surface area contributed by atoms with Crippen LogP contribution in [0.2, 0.25) is 0 Å². The van der Waals surface area contributed by atoms with Gasteiger partial charge < -0.3 is 15.2 Å². The maximum absolute atomic E-state index is 13.7. The van der Waals surface area contributed by atoms with Gasteiger partial charge in [0.15, 0.2) is 0 Å². The van der Waals surface area contributed by atoms with Crippen LogP contribution in [0.25, 0.3) is 0 Å². The second kappa shape index (κ2) is 5.66. The van der Waals surface area contributed by atoms with Gasteiger partial charge >= 0.3 is 0 Å². The fraction of sp³-hybridized carbons (Fsp3) is 0.438. The van der Waals surface area contributed by atoms with Crippen LogP contribution in [0.1, 0.15) is 10.7 Å². The molecule has 2 aromatic rings. The first-order valence-corrected chi connectivity index (χ1v) is 8.85. The summed E-state index contributed by atoms with van der Waals surface area (Å²) >= 11 is 1.63. The van der Waals surface area contributed by atoms with Gasteiger partial charge in [0.1, 0.15) is 10.8 Å². The van der Waals surface area contributed by atoms with Gasteiger partial charge in [-0.3, -0.25) is 5.01 Å². The summed E-state index contributed by atoms with van der Waals surface area (Å²) in [6.45, 7) is 4.95. The minimum absolute atomic E-state index is 0.215. The molecule has 1 aromatic carbocycles. The van der Waals surface area contributed by atoms with Gasteiger partial charge in [0, 0.05) is 0 Å². The smallest absolute Gasteiger partial charge is 0.136 e. The molecule has 6 nitrogen and oxygen atoms in total. The number of nitrogens with zero attached hydrogens (tertiary/aromatic N) is 4. The molecule has 1 saturated heterocycles. The van der Waals surface area contributed by atoms with Crippen LogP contribution in [0.4, 0.5) is 20.8 Å². The molecular formula is C16H20FN5OS. The van der Waals surface area contributed by atoms with Gasteiger partial charge in [0.05, 0.1) is 61.8 Å². The van der Waals surface area contributed by atoms with Crippen molar-refractivity contribution in [3.05, 3.63) is 39.9 Å². The number of hydroxylamine groups is 3. The highest BCUT2D eigenvalue weighted by molar-refractivity contribution is 7.15. The van der Waals surface area contributed by atoms with Crippen LogP contribution in [0, 0.1) is 17.9 Å². The molecule has 0 aliphatic carbocycles. The molecule has 0 bridgehead atoms. The fourth-order valence-corrected chi connectivity index (χ4v) is 4.19. The lowest BCUT2D eigenvalue weighted by atomic mass is 10.2. The summed E-state index contributed by atoms with van der Waals surface area (Å²) in [5.74, 6) is -0.266. The van der Waals surface area contributed by atoms with Crippen molar-refractivity contribution >= 4 is 27.7 Å². The number of aromatic nitrogens is 1. The van der Waals surface area contributed by atoms with Crippen molar-refractivity contribution in [3.63, 3.8) is 0 Å². The van der Waals surface area contributed by atoms with Crippen LogP contribution in [0.15, 0.2) is 18.2 Å². The number of anilines is 3. The first-order chi connectivity index (χ1) is 11.4. The van der Waals surface area contributed by atoms with Crippen molar-refractivity contribution in [1.82, 2.24) is 9.99 Å². The number of halogens is 1. The van der Waals surface area contributed by atoms with Crippen molar-refractivity contribution in [2.75, 3.05) is 43.6 Å². The van der Waals surface area contributed by atoms with Gasteiger partial charge in [0.2, 0.25) is 0 Å². The minimum atomic E-state index is -0.266. The lowest BCUT2D eigenvalue weighted by Gasteiger charge is -2.48. The van der Waals surface area contributed by atoms with E-state index >= 15 is 0 Å². The highest BCUT2D eigenvalue weighted by atomic mass is 32.1. The minimum Gasteiger partial charge on any atom is -0.633 e. The van der Waals surface area contributed by atoms with E-state index < -0.39 is 0 Å². The Kier molecular flexibility index (Phi) is 3.72. The third-order valence-electron chi connectivity index (χ3n) is 4.55. The third kappa shape index (κ3) is 2.75. The van der Waals surface area contributed by atoms with E-state index in [0.29, 0.717) is 32.7 Å². The summed E-state index contributed by atoms with van der Waals surface area (Å²) in [6.07, 6.45) is 0.